The maximum absolute atomic E-state index is 5.05. The summed E-state index contributed by atoms with van der Waals surface area (Å²) in [6.07, 6.45) is 4.17. The number of likely N-dealkylation sites (N-methyl/N-ethyl adjacent to an activating group) is 1. The molecule has 2 aliphatic rings. The molecule has 8 nitrogen and oxygen atoms in total. The summed E-state index contributed by atoms with van der Waals surface area (Å²) in [5.41, 5.74) is 7.05. The third-order valence-electron chi connectivity index (χ3n) is 6.79. The summed E-state index contributed by atoms with van der Waals surface area (Å²) < 4.78 is 0. The first-order valence-electron chi connectivity index (χ1n) is 11.2. The van der Waals surface area contributed by atoms with Crippen LogP contribution in [0, 0.1) is 0 Å². The van der Waals surface area contributed by atoms with E-state index in [9.17, 15) is 0 Å². The zero-order valence-corrected chi connectivity index (χ0v) is 17.9. The normalized spacial score (nSPS) is 18.9. The molecule has 6 rings (SSSR count). The van der Waals surface area contributed by atoms with Crippen molar-refractivity contribution in [3.8, 4) is 11.4 Å². The van der Waals surface area contributed by atoms with Crippen LogP contribution in [-0.4, -0.2) is 76.4 Å². The van der Waals surface area contributed by atoms with Crippen LogP contribution in [0.2, 0.25) is 0 Å². The topological polar surface area (TPSA) is 88.8 Å². The second kappa shape index (κ2) is 7.62. The van der Waals surface area contributed by atoms with Gasteiger partial charge in [-0.15, -0.1) is 0 Å². The average Bonchev–Trinajstić information content (AvgIpc) is 3.43. The Morgan fingerprint density at radius 2 is 1.87 bits per heavy atom. The Morgan fingerprint density at radius 1 is 1.03 bits per heavy atom. The van der Waals surface area contributed by atoms with Crippen LogP contribution in [0.5, 0.6) is 0 Å². The van der Waals surface area contributed by atoms with Crippen molar-refractivity contribution in [2.75, 3.05) is 51.2 Å². The predicted molar refractivity (Wildman–Crippen MR) is 124 cm³/mol. The molecule has 0 saturated carbocycles. The maximum atomic E-state index is 5.05. The summed E-state index contributed by atoms with van der Waals surface area (Å²) >= 11 is 0. The van der Waals surface area contributed by atoms with Gasteiger partial charge in [0.1, 0.15) is 16.9 Å². The Kier molecular flexibility index (Phi) is 4.61. The van der Waals surface area contributed by atoms with Gasteiger partial charge in [0.05, 0.1) is 11.2 Å². The second-order valence-corrected chi connectivity index (χ2v) is 8.79. The molecule has 3 N–H and O–H groups in total. The molecule has 160 valence electrons. The maximum Gasteiger partial charge on any atom is 0.139 e. The number of pyridine rings is 2. The van der Waals surface area contributed by atoms with Gasteiger partial charge in [0.15, 0.2) is 0 Å². The number of nitrogens with zero attached hydrogens (tertiary/aromatic N) is 5. The number of anilines is 1. The number of rotatable bonds is 3. The molecule has 2 fully saturated rings. The molecule has 2 aliphatic heterocycles. The van der Waals surface area contributed by atoms with E-state index in [0.717, 1.165) is 85.6 Å². The van der Waals surface area contributed by atoms with Gasteiger partial charge >= 0.3 is 0 Å². The van der Waals surface area contributed by atoms with Crippen molar-refractivity contribution in [3.05, 3.63) is 36.2 Å². The van der Waals surface area contributed by atoms with Crippen LogP contribution in [-0.2, 0) is 0 Å². The number of H-pyrrole nitrogens is 2. The van der Waals surface area contributed by atoms with E-state index < -0.39 is 0 Å². The second-order valence-electron chi connectivity index (χ2n) is 8.79. The summed E-state index contributed by atoms with van der Waals surface area (Å²) in [6.45, 7) is 6.34. The van der Waals surface area contributed by atoms with E-state index in [1.165, 1.54) is 11.4 Å². The smallest absolute Gasteiger partial charge is 0.139 e. The fraction of sp³-hybridized carbons (Fsp3) is 0.435. The Labute approximate surface area is 181 Å². The molecular formula is C23H28N8. The van der Waals surface area contributed by atoms with Crippen molar-refractivity contribution in [1.29, 1.82) is 0 Å². The highest BCUT2D eigenvalue weighted by Crippen LogP contribution is 2.33. The summed E-state index contributed by atoms with van der Waals surface area (Å²) in [7, 11) is 2.18. The van der Waals surface area contributed by atoms with Crippen LogP contribution < -0.4 is 10.2 Å². The summed E-state index contributed by atoms with van der Waals surface area (Å²) in [6, 6.07) is 8.58. The fourth-order valence-corrected chi connectivity index (χ4v) is 4.91. The first-order chi connectivity index (χ1) is 15.3. The first kappa shape index (κ1) is 18.8. The largest absolute Gasteiger partial charge is 0.368 e. The molecule has 0 radical (unpaired) electrons. The Balaban J connectivity index is 1.40. The molecular weight excluding hydrogens is 388 g/mol. The minimum absolute atomic E-state index is 0.515. The SMILES string of the molecule is CN1CCN(c2ccnc3[nH]c(-c4n[nH]c5ccc(C6CCNCC6)nc45)cc23)CC1. The molecule has 0 spiro atoms. The zero-order chi connectivity index (χ0) is 20.8. The third kappa shape index (κ3) is 3.36. The van der Waals surface area contributed by atoms with Crippen LogP contribution in [0.1, 0.15) is 24.5 Å². The van der Waals surface area contributed by atoms with E-state index in [-0.39, 0.29) is 0 Å². The lowest BCUT2D eigenvalue weighted by Crippen LogP contribution is -2.44. The quantitative estimate of drug-likeness (QED) is 0.476. The number of nitrogens with one attached hydrogen (secondary N) is 3. The van der Waals surface area contributed by atoms with Crippen molar-refractivity contribution in [2.24, 2.45) is 0 Å². The van der Waals surface area contributed by atoms with Gasteiger partial charge in [-0.2, -0.15) is 5.10 Å². The lowest BCUT2D eigenvalue weighted by Gasteiger charge is -2.34. The fourth-order valence-electron chi connectivity index (χ4n) is 4.91. The molecule has 0 unspecified atom stereocenters. The standard InChI is InChI=1S/C23H28N8/c1-30-10-12-31(13-11-30)20-6-9-25-23-16(20)14-19(27-23)22-21-18(28-29-22)3-2-17(26-21)15-4-7-24-8-5-15/h2-3,6,9,14-15,24H,4-5,7-8,10-13H2,1H3,(H,25,27)(H,28,29). The number of hydrogen-bond donors (Lipinski definition) is 3. The Morgan fingerprint density at radius 3 is 2.71 bits per heavy atom. The highest BCUT2D eigenvalue weighted by Gasteiger charge is 2.21. The van der Waals surface area contributed by atoms with E-state index in [1.807, 2.05) is 6.20 Å². The zero-order valence-electron chi connectivity index (χ0n) is 17.9. The number of aromatic amines is 2. The Hall–Kier alpha value is -2.97. The van der Waals surface area contributed by atoms with Crippen molar-refractivity contribution in [2.45, 2.75) is 18.8 Å². The molecule has 6 heterocycles. The highest BCUT2D eigenvalue weighted by atomic mass is 15.2. The minimum atomic E-state index is 0.515. The number of aromatic nitrogens is 5. The van der Waals surface area contributed by atoms with Gasteiger partial charge in [-0.3, -0.25) is 5.10 Å². The molecule has 2 saturated heterocycles. The van der Waals surface area contributed by atoms with Gasteiger partial charge in [0.25, 0.3) is 0 Å². The highest BCUT2D eigenvalue weighted by molar-refractivity contribution is 5.97. The van der Waals surface area contributed by atoms with Crippen molar-refractivity contribution in [3.63, 3.8) is 0 Å². The lowest BCUT2D eigenvalue weighted by atomic mass is 9.94. The summed E-state index contributed by atoms with van der Waals surface area (Å²) in [5, 5.41) is 12.4. The van der Waals surface area contributed by atoms with E-state index in [0.29, 0.717) is 5.92 Å². The van der Waals surface area contributed by atoms with Gasteiger partial charge in [-0.05, 0) is 57.2 Å². The molecule has 0 amide bonds. The van der Waals surface area contributed by atoms with E-state index in [1.54, 1.807) is 0 Å². The molecule has 0 bridgehead atoms. The van der Waals surface area contributed by atoms with Gasteiger partial charge in [0.2, 0.25) is 0 Å². The third-order valence-corrected chi connectivity index (χ3v) is 6.79. The van der Waals surface area contributed by atoms with Crippen LogP contribution in [0.3, 0.4) is 0 Å². The minimum Gasteiger partial charge on any atom is -0.368 e. The van der Waals surface area contributed by atoms with Crippen LogP contribution in [0.4, 0.5) is 5.69 Å². The summed E-state index contributed by atoms with van der Waals surface area (Å²) in [4.78, 5) is 18.0. The van der Waals surface area contributed by atoms with Gasteiger partial charge in [-0.1, -0.05) is 0 Å². The van der Waals surface area contributed by atoms with Crippen molar-refractivity contribution < 1.29 is 0 Å². The van der Waals surface area contributed by atoms with E-state index in [4.69, 9.17) is 4.98 Å². The summed E-state index contributed by atoms with van der Waals surface area (Å²) in [5.74, 6) is 0.515. The van der Waals surface area contributed by atoms with Crippen LogP contribution >= 0.6 is 0 Å². The monoisotopic (exact) mass is 416 g/mol. The van der Waals surface area contributed by atoms with E-state index in [2.05, 4.69) is 66.6 Å². The molecule has 0 aromatic carbocycles. The lowest BCUT2D eigenvalue weighted by molar-refractivity contribution is 0.313. The molecule has 4 aromatic heterocycles. The number of piperidine rings is 1. The molecule has 31 heavy (non-hydrogen) atoms. The predicted octanol–water partition coefficient (Wildman–Crippen LogP) is 2.72. The average molecular weight is 417 g/mol. The molecule has 0 atom stereocenters. The van der Waals surface area contributed by atoms with Crippen LogP contribution in [0.25, 0.3) is 33.5 Å². The number of fused-ring (bicyclic) bond motifs is 2. The Bertz CT molecular complexity index is 1210. The van der Waals surface area contributed by atoms with E-state index >= 15 is 0 Å². The van der Waals surface area contributed by atoms with Crippen LogP contribution in [0.15, 0.2) is 30.5 Å². The number of hydrogen-bond acceptors (Lipinski definition) is 6. The molecule has 4 aromatic rings. The van der Waals surface area contributed by atoms with Crippen molar-refractivity contribution in [1.82, 2.24) is 35.4 Å². The van der Waals surface area contributed by atoms with Gasteiger partial charge < -0.3 is 20.1 Å². The van der Waals surface area contributed by atoms with Crippen molar-refractivity contribution >= 4 is 27.8 Å². The molecule has 8 heteroatoms. The van der Waals surface area contributed by atoms with Gasteiger partial charge in [0, 0.05) is 55.1 Å². The van der Waals surface area contributed by atoms with Gasteiger partial charge in [-0.25, -0.2) is 9.97 Å². The number of piperazine rings is 1. The first-order valence-corrected chi connectivity index (χ1v) is 11.2. The molecule has 0 aliphatic carbocycles.